The molecule has 1 N–H and O–H groups in total. The summed E-state index contributed by atoms with van der Waals surface area (Å²) in [4.78, 5) is 4.05. The van der Waals surface area contributed by atoms with Crippen molar-refractivity contribution in [1.82, 2.24) is 4.98 Å². The third-order valence-corrected chi connectivity index (χ3v) is 6.13. The second-order valence-electron chi connectivity index (χ2n) is 3.94. The quantitative estimate of drug-likeness (QED) is 0.920. The van der Waals surface area contributed by atoms with E-state index in [1.54, 1.807) is 25.1 Å². The Bertz CT molecular complexity index is 822. The summed E-state index contributed by atoms with van der Waals surface area (Å²) in [6.45, 7) is 1.55. The molecule has 0 radical (unpaired) electrons. The molecule has 0 bridgehead atoms. The number of thiazole rings is 1. The van der Waals surface area contributed by atoms with Gasteiger partial charge in [0.1, 0.15) is 0 Å². The number of sulfone groups is 1. The van der Waals surface area contributed by atoms with E-state index in [0.29, 0.717) is 15.9 Å². The Kier molecular flexibility index (Phi) is 3.54. The van der Waals surface area contributed by atoms with Crippen molar-refractivity contribution in [2.75, 3.05) is 16.7 Å². The van der Waals surface area contributed by atoms with Crippen molar-refractivity contribution in [3.05, 3.63) is 18.2 Å². The molecule has 0 unspecified atom stereocenters. The van der Waals surface area contributed by atoms with Gasteiger partial charge in [-0.25, -0.2) is 21.8 Å². The van der Waals surface area contributed by atoms with Gasteiger partial charge < -0.3 is 0 Å². The van der Waals surface area contributed by atoms with Gasteiger partial charge in [-0.15, -0.1) is 11.3 Å². The molecule has 9 heteroatoms. The zero-order valence-electron chi connectivity index (χ0n) is 10.2. The number of nitrogens with one attached hydrogen (secondary N) is 1. The molecule has 2 aromatic rings. The molecule has 0 aliphatic carbocycles. The summed E-state index contributed by atoms with van der Waals surface area (Å²) in [7, 11) is -6.70. The van der Waals surface area contributed by atoms with Crippen LogP contribution in [0.1, 0.15) is 6.92 Å². The van der Waals surface area contributed by atoms with Crippen molar-refractivity contribution in [3.63, 3.8) is 0 Å². The molecule has 1 aromatic carbocycles. The topological polar surface area (TPSA) is 93.2 Å². The third-order valence-electron chi connectivity index (χ3n) is 2.32. The molecule has 6 nitrogen and oxygen atoms in total. The minimum atomic E-state index is -3.36. The lowest BCUT2D eigenvalue weighted by molar-refractivity contribution is 0.596. The van der Waals surface area contributed by atoms with Crippen LogP contribution in [-0.4, -0.2) is 33.8 Å². The first-order valence-electron chi connectivity index (χ1n) is 5.32. The number of hydrogen-bond acceptors (Lipinski definition) is 6. The third kappa shape index (κ3) is 3.23. The van der Waals surface area contributed by atoms with Crippen LogP contribution < -0.4 is 4.72 Å². The molecule has 0 aliphatic rings. The summed E-state index contributed by atoms with van der Waals surface area (Å²) >= 11 is 1.04. The molecule has 104 valence electrons. The van der Waals surface area contributed by atoms with E-state index in [1.807, 2.05) is 0 Å². The Morgan fingerprint density at radius 2 is 1.95 bits per heavy atom. The number of nitrogens with zero attached hydrogens (tertiary/aromatic N) is 1. The lowest BCUT2D eigenvalue weighted by atomic mass is 10.3. The average Bonchev–Trinajstić information content (AvgIpc) is 2.70. The van der Waals surface area contributed by atoms with E-state index in [4.69, 9.17) is 0 Å². The standard InChI is InChI=1S/C10H12N2O4S3/c1-3-19(15,16)10-11-8-5-4-7(6-9(8)17-10)12-18(2,13)14/h4-6,12H,3H2,1-2H3. The fourth-order valence-electron chi connectivity index (χ4n) is 1.44. The van der Waals surface area contributed by atoms with Gasteiger partial charge in [0, 0.05) is 0 Å². The van der Waals surface area contributed by atoms with Gasteiger partial charge in [0.05, 0.1) is 27.9 Å². The summed E-state index contributed by atoms with van der Waals surface area (Å²) in [6, 6.07) is 4.71. The molecule has 1 heterocycles. The second kappa shape index (κ2) is 4.73. The van der Waals surface area contributed by atoms with E-state index < -0.39 is 19.9 Å². The van der Waals surface area contributed by atoms with Gasteiger partial charge in [0.2, 0.25) is 24.2 Å². The number of anilines is 1. The van der Waals surface area contributed by atoms with Crippen molar-refractivity contribution in [2.45, 2.75) is 11.3 Å². The lowest BCUT2D eigenvalue weighted by Crippen LogP contribution is -2.09. The fraction of sp³-hybridized carbons (Fsp3) is 0.300. The SMILES string of the molecule is CCS(=O)(=O)c1nc2ccc(NS(C)(=O)=O)cc2s1. The molecule has 0 amide bonds. The van der Waals surface area contributed by atoms with Gasteiger partial charge in [-0.1, -0.05) is 6.92 Å². The summed E-state index contributed by atoms with van der Waals surface area (Å²) in [5, 5.41) is 0. The second-order valence-corrected chi connectivity index (χ2v) is 9.17. The summed E-state index contributed by atoms with van der Waals surface area (Å²) in [6.07, 6.45) is 1.05. The number of benzene rings is 1. The zero-order chi connectivity index (χ0) is 14.3. The molecule has 2 rings (SSSR count). The van der Waals surface area contributed by atoms with Crippen LogP contribution >= 0.6 is 11.3 Å². The van der Waals surface area contributed by atoms with E-state index in [-0.39, 0.29) is 10.1 Å². The molecular formula is C10H12N2O4S3. The molecule has 0 atom stereocenters. The van der Waals surface area contributed by atoms with Crippen LogP contribution in [0.4, 0.5) is 5.69 Å². The predicted molar refractivity (Wildman–Crippen MR) is 75.8 cm³/mol. The highest BCUT2D eigenvalue weighted by Gasteiger charge is 2.17. The maximum Gasteiger partial charge on any atom is 0.229 e. The highest BCUT2D eigenvalue weighted by molar-refractivity contribution is 7.93. The van der Waals surface area contributed by atoms with Crippen LogP contribution in [-0.2, 0) is 19.9 Å². The summed E-state index contributed by atoms with van der Waals surface area (Å²) in [5.41, 5.74) is 0.926. The Labute approximate surface area is 115 Å². The van der Waals surface area contributed by atoms with Crippen molar-refractivity contribution in [3.8, 4) is 0 Å². The molecule has 1 aromatic heterocycles. The van der Waals surface area contributed by atoms with Gasteiger partial charge in [-0.2, -0.15) is 0 Å². The molecule has 0 spiro atoms. The maximum absolute atomic E-state index is 11.7. The van der Waals surface area contributed by atoms with Gasteiger partial charge in [0.15, 0.2) is 0 Å². The van der Waals surface area contributed by atoms with Crippen LogP contribution in [0.15, 0.2) is 22.5 Å². The van der Waals surface area contributed by atoms with Crippen LogP contribution in [0.2, 0.25) is 0 Å². The largest absolute Gasteiger partial charge is 0.284 e. The molecule has 0 aliphatic heterocycles. The Hall–Kier alpha value is -1.19. The number of fused-ring (bicyclic) bond motifs is 1. The Morgan fingerprint density at radius 1 is 1.26 bits per heavy atom. The average molecular weight is 320 g/mol. The Balaban J connectivity index is 2.51. The van der Waals surface area contributed by atoms with E-state index in [2.05, 4.69) is 9.71 Å². The minimum absolute atomic E-state index is 0.0126. The monoisotopic (exact) mass is 320 g/mol. The molecular weight excluding hydrogens is 308 g/mol. The highest BCUT2D eigenvalue weighted by atomic mass is 32.2. The molecule has 0 saturated carbocycles. The van der Waals surface area contributed by atoms with Crippen LogP contribution in [0, 0.1) is 0 Å². The van der Waals surface area contributed by atoms with E-state index in [0.717, 1.165) is 17.6 Å². The molecule has 0 fully saturated rings. The first kappa shape index (κ1) is 14.2. The number of aromatic nitrogens is 1. The van der Waals surface area contributed by atoms with E-state index in [1.165, 1.54) is 0 Å². The van der Waals surface area contributed by atoms with Gasteiger partial charge in [-0.05, 0) is 18.2 Å². The minimum Gasteiger partial charge on any atom is -0.284 e. The van der Waals surface area contributed by atoms with Crippen LogP contribution in [0.25, 0.3) is 10.2 Å². The van der Waals surface area contributed by atoms with Crippen LogP contribution in [0.3, 0.4) is 0 Å². The van der Waals surface area contributed by atoms with Crippen molar-refractivity contribution >= 4 is 47.1 Å². The molecule has 0 saturated heterocycles. The summed E-state index contributed by atoms with van der Waals surface area (Å²) in [5.74, 6) is -0.0126. The van der Waals surface area contributed by atoms with Gasteiger partial charge >= 0.3 is 0 Å². The lowest BCUT2D eigenvalue weighted by Gasteiger charge is -2.02. The smallest absolute Gasteiger partial charge is 0.229 e. The van der Waals surface area contributed by atoms with Crippen LogP contribution in [0.5, 0.6) is 0 Å². The highest BCUT2D eigenvalue weighted by Crippen LogP contribution is 2.28. The van der Waals surface area contributed by atoms with E-state index >= 15 is 0 Å². The van der Waals surface area contributed by atoms with Crippen molar-refractivity contribution in [2.24, 2.45) is 0 Å². The Morgan fingerprint density at radius 3 is 2.53 bits per heavy atom. The van der Waals surface area contributed by atoms with Gasteiger partial charge in [0.25, 0.3) is 0 Å². The first-order valence-corrected chi connectivity index (χ1v) is 9.68. The maximum atomic E-state index is 11.7. The number of rotatable bonds is 4. The molecule has 19 heavy (non-hydrogen) atoms. The number of sulfonamides is 1. The predicted octanol–water partition coefficient (Wildman–Crippen LogP) is 1.46. The normalized spacial score (nSPS) is 12.7. The van der Waals surface area contributed by atoms with Crippen molar-refractivity contribution in [1.29, 1.82) is 0 Å². The van der Waals surface area contributed by atoms with Crippen molar-refractivity contribution < 1.29 is 16.8 Å². The zero-order valence-corrected chi connectivity index (χ0v) is 12.7. The number of hydrogen-bond donors (Lipinski definition) is 1. The fourth-order valence-corrected chi connectivity index (χ4v) is 4.34. The summed E-state index contributed by atoms with van der Waals surface area (Å²) < 4.78 is 48.7. The van der Waals surface area contributed by atoms with Gasteiger partial charge in [-0.3, -0.25) is 4.72 Å². The van der Waals surface area contributed by atoms with E-state index in [9.17, 15) is 16.8 Å². The first-order chi connectivity index (χ1) is 8.71.